The SMILES string of the molecule is COC(=O)NS(=O)(=O)N1CSCC1C(=O)O. The largest absolute Gasteiger partial charge is 0.480 e. The van der Waals surface area contributed by atoms with Gasteiger partial charge in [-0.2, -0.15) is 12.7 Å². The van der Waals surface area contributed by atoms with Gasteiger partial charge in [0.2, 0.25) is 0 Å². The number of nitrogens with one attached hydrogen (secondary N) is 1. The molecule has 1 saturated heterocycles. The van der Waals surface area contributed by atoms with Crippen LogP contribution in [0.2, 0.25) is 0 Å². The summed E-state index contributed by atoms with van der Waals surface area (Å²) in [7, 11) is -3.15. The molecule has 16 heavy (non-hydrogen) atoms. The van der Waals surface area contributed by atoms with Crippen LogP contribution in [0.3, 0.4) is 0 Å². The van der Waals surface area contributed by atoms with E-state index in [1.807, 2.05) is 0 Å². The molecule has 1 heterocycles. The maximum atomic E-state index is 11.6. The second-order valence-corrected chi connectivity index (χ2v) is 5.46. The van der Waals surface area contributed by atoms with Gasteiger partial charge in [-0.1, -0.05) is 0 Å². The minimum Gasteiger partial charge on any atom is -0.480 e. The van der Waals surface area contributed by atoms with E-state index in [0.29, 0.717) is 4.31 Å². The van der Waals surface area contributed by atoms with Gasteiger partial charge in [0.15, 0.2) is 0 Å². The fourth-order valence-corrected chi connectivity index (χ4v) is 3.86. The predicted molar refractivity (Wildman–Crippen MR) is 55.0 cm³/mol. The smallest absolute Gasteiger partial charge is 0.421 e. The van der Waals surface area contributed by atoms with Crippen LogP contribution in [0.5, 0.6) is 0 Å². The predicted octanol–water partition coefficient (Wildman–Crippen LogP) is -0.953. The Bertz CT molecular complexity index is 394. The first-order chi connectivity index (χ1) is 7.38. The van der Waals surface area contributed by atoms with Crippen LogP contribution < -0.4 is 4.72 Å². The highest BCUT2D eigenvalue weighted by Gasteiger charge is 2.40. The standard InChI is InChI=1S/C6H10N2O6S2/c1-14-6(11)7-16(12,13)8-3-15-2-4(8)5(9)10/h4H,2-3H2,1H3,(H,7,11)(H,9,10). The molecule has 0 aliphatic carbocycles. The van der Waals surface area contributed by atoms with Gasteiger partial charge in [0.25, 0.3) is 0 Å². The number of carboxylic acids is 1. The van der Waals surface area contributed by atoms with E-state index in [-0.39, 0.29) is 11.6 Å². The van der Waals surface area contributed by atoms with Crippen molar-refractivity contribution in [2.75, 3.05) is 18.7 Å². The van der Waals surface area contributed by atoms with Crippen molar-refractivity contribution in [3.8, 4) is 0 Å². The molecule has 0 spiro atoms. The van der Waals surface area contributed by atoms with E-state index in [1.165, 1.54) is 0 Å². The van der Waals surface area contributed by atoms with Crippen LogP contribution in [0, 0.1) is 0 Å². The molecule has 2 N–H and O–H groups in total. The molecule has 92 valence electrons. The van der Waals surface area contributed by atoms with Gasteiger partial charge < -0.3 is 9.84 Å². The molecule has 0 radical (unpaired) electrons. The van der Waals surface area contributed by atoms with Crippen LogP contribution in [-0.2, 0) is 19.7 Å². The number of hydrogen-bond donors (Lipinski definition) is 2. The van der Waals surface area contributed by atoms with Gasteiger partial charge in [0.1, 0.15) is 6.04 Å². The Morgan fingerprint density at radius 2 is 2.19 bits per heavy atom. The Morgan fingerprint density at radius 3 is 2.69 bits per heavy atom. The molecule has 1 atom stereocenters. The molecule has 1 amide bonds. The molecule has 1 rings (SSSR count). The number of hydrogen-bond acceptors (Lipinski definition) is 6. The molecule has 1 aliphatic heterocycles. The first-order valence-electron chi connectivity index (χ1n) is 4.06. The van der Waals surface area contributed by atoms with Crippen LogP contribution in [0.25, 0.3) is 0 Å². The van der Waals surface area contributed by atoms with Crippen LogP contribution in [0.4, 0.5) is 4.79 Å². The van der Waals surface area contributed by atoms with Gasteiger partial charge in [-0.05, 0) is 0 Å². The molecule has 0 aromatic rings. The zero-order valence-electron chi connectivity index (χ0n) is 8.24. The molecule has 0 aromatic heterocycles. The molecule has 1 aliphatic rings. The van der Waals surface area contributed by atoms with E-state index in [9.17, 15) is 18.0 Å². The topological polar surface area (TPSA) is 113 Å². The van der Waals surface area contributed by atoms with Crippen LogP contribution >= 0.6 is 11.8 Å². The summed E-state index contributed by atoms with van der Waals surface area (Å²) in [6.45, 7) is 0. The molecular formula is C6H10N2O6S2. The zero-order chi connectivity index (χ0) is 12.3. The van der Waals surface area contributed by atoms with Gasteiger partial charge >= 0.3 is 22.3 Å². The fourth-order valence-electron chi connectivity index (χ4n) is 1.06. The molecule has 0 aromatic carbocycles. The molecule has 0 saturated carbocycles. The Morgan fingerprint density at radius 1 is 1.56 bits per heavy atom. The first kappa shape index (κ1) is 13.1. The number of carbonyl (C=O) groups excluding carboxylic acids is 1. The highest BCUT2D eigenvalue weighted by atomic mass is 32.2. The summed E-state index contributed by atoms with van der Waals surface area (Å²) in [5.74, 6) is -1.11. The van der Waals surface area contributed by atoms with Crippen molar-refractivity contribution in [2.45, 2.75) is 6.04 Å². The number of nitrogens with zero attached hydrogens (tertiary/aromatic N) is 1. The number of ether oxygens (including phenoxy) is 1. The molecular weight excluding hydrogens is 260 g/mol. The third-order valence-corrected chi connectivity index (χ3v) is 4.43. The summed E-state index contributed by atoms with van der Waals surface area (Å²) in [4.78, 5) is 21.5. The Kier molecular flexibility index (Phi) is 3.99. The maximum Gasteiger partial charge on any atom is 0.421 e. The Labute approximate surface area is 96.1 Å². The van der Waals surface area contributed by atoms with Gasteiger partial charge in [-0.15, -0.1) is 11.8 Å². The summed E-state index contributed by atoms with van der Waals surface area (Å²) in [6, 6.07) is -1.16. The van der Waals surface area contributed by atoms with Crippen molar-refractivity contribution < 1.29 is 27.9 Å². The maximum absolute atomic E-state index is 11.6. The quantitative estimate of drug-likeness (QED) is 0.679. The Hall–Kier alpha value is -1.00. The van der Waals surface area contributed by atoms with E-state index in [4.69, 9.17) is 5.11 Å². The lowest BCUT2D eigenvalue weighted by Crippen LogP contribution is -2.48. The van der Waals surface area contributed by atoms with E-state index in [0.717, 1.165) is 18.9 Å². The summed E-state index contributed by atoms with van der Waals surface area (Å²) in [6.07, 6.45) is -1.15. The molecule has 1 fully saturated rings. The lowest BCUT2D eigenvalue weighted by atomic mass is 10.4. The number of rotatable bonds is 3. The highest BCUT2D eigenvalue weighted by molar-refractivity contribution is 8.00. The minimum atomic E-state index is -4.16. The summed E-state index contributed by atoms with van der Waals surface area (Å²) in [5, 5.41) is 8.77. The summed E-state index contributed by atoms with van der Waals surface area (Å²) < 4.78 is 29.5. The zero-order valence-corrected chi connectivity index (χ0v) is 9.88. The third-order valence-electron chi connectivity index (χ3n) is 1.83. The highest BCUT2D eigenvalue weighted by Crippen LogP contribution is 2.23. The van der Waals surface area contributed by atoms with Crippen molar-refractivity contribution in [2.24, 2.45) is 0 Å². The van der Waals surface area contributed by atoms with E-state index >= 15 is 0 Å². The third kappa shape index (κ3) is 2.77. The van der Waals surface area contributed by atoms with Crippen molar-refractivity contribution in [1.82, 2.24) is 9.03 Å². The second kappa shape index (κ2) is 4.89. The number of thioether (sulfide) groups is 1. The van der Waals surface area contributed by atoms with Crippen molar-refractivity contribution in [3.05, 3.63) is 0 Å². The fraction of sp³-hybridized carbons (Fsp3) is 0.667. The molecule has 0 bridgehead atoms. The van der Waals surface area contributed by atoms with Crippen LogP contribution in [0.1, 0.15) is 0 Å². The van der Waals surface area contributed by atoms with E-state index in [1.54, 1.807) is 4.72 Å². The number of methoxy groups -OCH3 is 1. The van der Waals surface area contributed by atoms with E-state index in [2.05, 4.69) is 4.74 Å². The molecule has 10 heteroatoms. The van der Waals surface area contributed by atoms with Crippen molar-refractivity contribution in [1.29, 1.82) is 0 Å². The van der Waals surface area contributed by atoms with Gasteiger partial charge in [0.05, 0.1) is 13.0 Å². The average molecular weight is 270 g/mol. The lowest BCUT2D eigenvalue weighted by Gasteiger charge is -2.19. The summed E-state index contributed by atoms with van der Waals surface area (Å²) >= 11 is 1.15. The second-order valence-electron chi connectivity index (χ2n) is 2.84. The number of carboxylic acid groups (broad SMARTS) is 1. The number of aliphatic carboxylic acids is 1. The molecule has 1 unspecified atom stereocenters. The van der Waals surface area contributed by atoms with Gasteiger partial charge in [-0.3, -0.25) is 4.79 Å². The first-order valence-corrected chi connectivity index (χ1v) is 6.66. The normalized spacial score (nSPS) is 21.7. The van der Waals surface area contributed by atoms with Crippen LogP contribution in [0.15, 0.2) is 0 Å². The summed E-state index contributed by atoms with van der Waals surface area (Å²) in [5.41, 5.74) is 0. The number of amides is 1. The van der Waals surface area contributed by atoms with Crippen molar-refractivity contribution in [3.63, 3.8) is 0 Å². The van der Waals surface area contributed by atoms with E-state index < -0.39 is 28.3 Å². The van der Waals surface area contributed by atoms with Gasteiger partial charge in [-0.25, -0.2) is 9.52 Å². The van der Waals surface area contributed by atoms with Crippen molar-refractivity contribution >= 4 is 34.0 Å². The Balaban J connectivity index is 2.83. The lowest BCUT2D eigenvalue weighted by molar-refractivity contribution is -0.140. The molecule has 8 nitrogen and oxygen atoms in total. The van der Waals surface area contributed by atoms with Crippen LogP contribution in [-0.4, -0.2) is 54.7 Å². The number of carbonyl (C=O) groups is 2. The van der Waals surface area contributed by atoms with Gasteiger partial charge in [0, 0.05) is 5.75 Å². The minimum absolute atomic E-state index is 0.0106. The average Bonchev–Trinajstić information content (AvgIpc) is 2.65. The monoisotopic (exact) mass is 270 g/mol.